The number of carbonyl (C=O) groups excluding carboxylic acids is 2. The summed E-state index contributed by atoms with van der Waals surface area (Å²) in [4.78, 5) is 24.6. The Balaban J connectivity index is 2.03. The fourth-order valence-electron chi connectivity index (χ4n) is 2.10. The standard InChI is InChI=1S/C13H19NO3/c1-13(2,3)17-12(16)14-7-6-10(9-4-5-9)11(14)8-15/h6,8-9,11H,4-5,7H2,1-3H3. The summed E-state index contributed by atoms with van der Waals surface area (Å²) in [6.07, 6.45) is 4.72. The highest BCUT2D eigenvalue weighted by Gasteiger charge is 2.40. The van der Waals surface area contributed by atoms with Gasteiger partial charge >= 0.3 is 6.09 Å². The summed E-state index contributed by atoms with van der Waals surface area (Å²) in [7, 11) is 0. The third kappa shape index (κ3) is 2.68. The minimum atomic E-state index is -0.521. The summed E-state index contributed by atoms with van der Waals surface area (Å²) in [5, 5.41) is 0. The number of rotatable bonds is 2. The Morgan fingerprint density at radius 2 is 2.12 bits per heavy atom. The van der Waals surface area contributed by atoms with Crippen LogP contribution in [0.1, 0.15) is 33.6 Å². The van der Waals surface area contributed by atoms with Gasteiger partial charge in [-0.25, -0.2) is 4.79 Å². The molecule has 0 bridgehead atoms. The SMILES string of the molecule is CC(C)(C)OC(=O)N1CC=C(C2CC2)C1C=O. The lowest BCUT2D eigenvalue weighted by molar-refractivity contribution is -0.111. The molecule has 0 aromatic carbocycles. The minimum Gasteiger partial charge on any atom is -0.444 e. The van der Waals surface area contributed by atoms with E-state index in [1.807, 2.05) is 26.8 Å². The van der Waals surface area contributed by atoms with Crippen LogP contribution in [0.2, 0.25) is 0 Å². The lowest BCUT2D eigenvalue weighted by Gasteiger charge is -2.27. The van der Waals surface area contributed by atoms with Gasteiger partial charge in [0.1, 0.15) is 17.9 Å². The van der Waals surface area contributed by atoms with Gasteiger partial charge in [0.2, 0.25) is 0 Å². The maximum absolute atomic E-state index is 11.9. The highest BCUT2D eigenvalue weighted by atomic mass is 16.6. The molecule has 1 amide bonds. The smallest absolute Gasteiger partial charge is 0.411 e. The molecule has 1 heterocycles. The summed E-state index contributed by atoms with van der Waals surface area (Å²) >= 11 is 0. The molecule has 94 valence electrons. The Labute approximate surface area is 102 Å². The molecule has 4 nitrogen and oxygen atoms in total. The normalized spacial score (nSPS) is 24.5. The van der Waals surface area contributed by atoms with Crippen molar-refractivity contribution in [2.75, 3.05) is 6.54 Å². The molecule has 0 N–H and O–H groups in total. The average molecular weight is 237 g/mol. The van der Waals surface area contributed by atoms with Crippen molar-refractivity contribution in [1.29, 1.82) is 0 Å². The predicted octanol–water partition coefficient (Wildman–Crippen LogP) is 2.14. The largest absolute Gasteiger partial charge is 0.444 e. The van der Waals surface area contributed by atoms with Gasteiger partial charge in [-0.2, -0.15) is 0 Å². The monoisotopic (exact) mass is 237 g/mol. The zero-order valence-electron chi connectivity index (χ0n) is 10.6. The second-order valence-corrected chi connectivity index (χ2v) is 5.69. The number of hydrogen-bond donors (Lipinski definition) is 0. The first-order valence-electron chi connectivity index (χ1n) is 6.07. The van der Waals surface area contributed by atoms with Crippen molar-refractivity contribution in [3.63, 3.8) is 0 Å². The van der Waals surface area contributed by atoms with Gasteiger partial charge in [-0.1, -0.05) is 6.08 Å². The second kappa shape index (κ2) is 4.17. The zero-order valence-corrected chi connectivity index (χ0v) is 10.6. The van der Waals surface area contributed by atoms with Crippen LogP contribution in [0.4, 0.5) is 4.79 Å². The average Bonchev–Trinajstić information content (AvgIpc) is 2.94. The fourth-order valence-corrected chi connectivity index (χ4v) is 2.10. The summed E-state index contributed by atoms with van der Waals surface area (Å²) in [6.45, 7) is 5.97. The van der Waals surface area contributed by atoms with Gasteiger partial charge in [0, 0.05) is 6.54 Å². The van der Waals surface area contributed by atoms with E-state index in [0.717, 1.165) is 24.7 Å². The number of amides is 1. The van der Waals surface area contributed by atoms with Crippen molar-refractivity contribution in [3.8, 4) is 0 Å². The van der Waals surface area contributed by atoms with Crippen molar-refractivity contribution >= 4 is 12.4 Å². The maximum Gasteiger partial charge on any atom is 0.411 e. The molecule has 1 aliphatic carbocycles. The van der Waals surface area contributed by atoms with Crippen LogP contribution < -0.4 is 0 Å². The molecular formula is C13H19NO3. The molecule has 2 rings (SSSR count). The molecule has 2 aliphatic rings. The van der Waals surface area contributed by atoms with Crippen LogP contribution in [-0.2, 0) is 9.53 Å². The summed E-state index contributed by atoms with van der Waals surface area (Å²) in [6, 6.07) is -0.405. The van der Waals surface area contributed by atoms with E-state index in [-0.39, 0.29) is 0 Å². The van der Waals surface area contributed by atoms with Crippen LogP contribution in [-0.4, -0.2) is 35.5 Å². The molecule has 0 aromatic rings. The lowest BCUT2D eigenvalue weighted by Crippen LogP contribution is -2.42. The van der Waals surface area contributed by atoms with Crippen molar-refractivity contribution in [3.05, 3.63) is 11.6 Å². The Morgan fingerprint density at radius 1 is 1.47 bits per heavy atom. The van der Waals surface area contributed by atoms with E-state index in [4.69, 9.17) is 4.74 Å². The van der Waals surface area contributed by atoms with Crippen molar-refractivity contribution in [1.82, 2.24) is 4.90 Å². The first kappa shape index (κ1) is 12.1. The molecule has 0 aromatic heterocycles. The van der Waals surface area contributed by atoms with Crippen LogP contribution in [0.15, 0.2) is 11.6 Å². The highest BCUT2D eigenvalue weighted by Crippen LogP contribution is 2.41. The van der Waals surface area contributed by atoms with E-state index in [2.05, 4.69) is 0 Å². The van der Waals surface area contributed by atoms with E-state index in [9.17, 15) is 9.59 Å². The summed E-state index contributed by atoms with van der Waals surface area (Å²) in [5.41, 5.74) is 0.582. The number of ether oxygens (including phenoxy) is 1. The molecule has 1 aliphatic heterocycles. The number of nitrogens with zero attached hydrogens (tertiary/aromatic N) is 1. The molecule has 0 radical (unpaired) electrons. The van der Waals surface area contributed by atoms with Crippen molar-refractivity contribution in [2.45, 2.75) is 45.3 Å². The molecular weight excluding hydrogens is 218 g/mol. The Kier molecular flexibility index (Phi) is 2.98. The van der Waals surface area contributed by atoms with Crippen LogP contribution >= 0.6 is 0 Å². The van der Waals surface area contributed by atoms with E-state index < -0.39 is 17.7 Å². The summed E-state index contributed by atoms with van der Waals surface area (Å²) in [5.74, 6) is 0.512. The van der Waals surface area contributed by atoms with Gasteiger partial charge < -0.3 is 9.53 Å². The van der Waals surface area contributed by atoms with E-state index >= 15 is 0 Å². The van der Waals surface area contributed by atoms with E-state index in [1.54, 1.807) is 0 Å². The number of aldehydes is 1. The van der Waals surface area contributed by atoms with E-state index in [0.29, 0.717) is 12.5 Å². The third-order valence-electron chi connectivity index (χ3n) is 3.01. The summed E-state index contributed by atoms with van der Waals surface area (Å²) < 4.78 is 5.30. The number of hydrogen-bond acceptors (Lipinski definition) is 3. The molecule has 4 heteroatoms. The quantitative estimate of drug-likeness (QED) is 0.546. The topological polar surface area (TPSA) is 46.6 Å². The van der Waals surface area contributed by atoms with Gasteiger partial charge in [0.15, 0.2) is 0 Å². The zero-order chi connectivity index (χ0) is 12.6. The minimum absolute atomic E-state index is 0.401. The first-order valence-corrected chi connectivity index (χ1v) is 6.07. The number of carbonyl (C=O) groups is 2. The highest BCUT2D eigenvalue weighted by molar-refractivity contribution is 5.78. The molecule has 1 saturated carbocycles. The Bertz CT molecular complexity index is 363. The second-order valence-electron chi connectivity index (χ2n) is 5.69. The van der Waals surface area contributed by atoms with Crippen LogP contribution in [0.5, 0.6) is 0 Å². The Morgan fingerprint density at radius 3 is 2.59 bits per heavy atom. The first-order chi connectivity index (χ1) is 7.92. The van der Waals surface area contributed by atoms with Gasteiger partial charge in [0.25, 0.3) is 0 Å². The Hall–Kier alpha value is -1.32. The van der Waals surface area contributed by atoms with Crippen LogP contribution in [0.3, 0.4) is 0 Å². The third-order valence-corrected chi connectivity index (χ3v) is 3.01. The van der Waals surface area contributed by atoms with Gasteiger partial charge in [-0.05, 0) is 45.1 Å². The fraction of sp³-hybridized carbons (Fsp3) is 0.692. The van der Waals surface area contributed by atoms with Crippen molar-refractivity contribution in [2.24, 2.45) is 5.92 Å². The molecule has 17 heavy (non-hydrogen) atoms. The van der Waals surface area contributed by atoms with Gasteiger partial charge in [-0.15, -0.1) is 0 Å². The lowest BCUT2D eigenvalue weighted by atomic mass is 10.1. The van der Waals surface area contributed by atoms with Crippen LogP contribution in [0.25, 0.3) is 0 Å². The molecule has 1 unspecified atom stereocenters. The van der Waals surface area contributed by atoms with E-state index in [1.165, 1.54) is 4.90 Å². The maximum atomic E-state index is 11.9. The molecule has 1 fully saturated rings. The molecule has 0 spiro atoms. The predicted molar refractivity (Wildman–Crippen MR) is 63.6 cm³/mol. The van der Waals surface area contributed by atoms with Gasteiger partial charge in [-0.3, -0.25) is 4.90 Å². The van der Waals surface area contributed by atoms with Gasteiger partial charge in [0.05, 0.1) is 0 Å². The molecule has 0 saturated heterocycles. The van der Waals surface area contributed by atoms with Crippen LogP contribution in [0, 0.1) is 5.92 Å². The molecule has 1 atom stereocenters. The van der Waals surface area contributed by atoms with Crippen molar-refractivity contribution < 1.29 is 14.3 Å².